The first kappa shape index (κ1) is 21.9. The molecule has 164 valence electrons. The lowest BCUT2D eigenvalue weighted by molar-refractivity contribution is 0.303. The summed E-state index contributed by atoms with van der Waals surface area (Å²) in [4.78, 5) is 4.85. The van der Waals surface area contributed by atoms with Gasteiger partial charge < -0.3 is 9.30 Å². The number of benzene rings is 3. The lowest BCUT2D eigenvalue weighted by Gasteiger charge is -2.19. The number of hydrogen-bond donors (Lipinski definition) is 0. The quantitative estimate of drug-likeness (QED) is 0.276. The van der Waals surface area contributed by atoms with Crippen LogP contribution in [-0.4, -0.2) is 16.2 Å². The van der Waals surface area contributed by atoms with Crippen LogP contribution in [0.3, 0.4) is 0 Å². The second-order valence-electron chi connectivity index (χ2n) is 9.18. The van der Waals surface area contributed by atoms with Crippen molar-refractivity contribution in [1.82, 2.24) is 9.55 Å². The SMILES string of the molecule is CC(C)(C)c1ccc(OCCCCn2c(/C=C/c3ccccc3)nc3ccccc32)cc1. The second kappa shape index (κ2) is 9.86. The molecular formula is C29H32N2O. The first-order chi connectivity index (χ1) is 15.5. The van der Waals surface area contributed by atoms with E-state index in [4.69, 9.17) is 9.72 Å². The largest absolute Gasteiger partial charge is 0.494 e. The van der Waals surface area contributed by atoms with Gasteiger partial charge in [0.25, 0.3) is 0 Å². The van der Waals surface area contributed by atoms with E-state index in [9.17, 15) is 0 Å². The van der Waals surface area contributed by atoms with Crippen molar-refractivity contribution in [3.8, 4) is 5.75 Å². The van der Waals surface area contributed by atoms with E-state index < -0.39 is 0 Å². The summed E-state index contributed by atoms with van der Waals surface area (Å²) >= 11 is 0. The molecule has 1 heterocycles. The average molecular weight is 425 g/mol. The summed E-state index contributed by atoms with van der Waals surface area (Å²) in [5.74, 6) is 1.94. The zero-order chi connectivity index (χ0) is 22.4. The molecule has 0 bridgehead atoms. The number of fused-ring (bicyclic) bond motifs is 1. The molecule has 3 nitrogen and oxygen atoms in total. The first-order valence-electron chi connectivity index (χ1n) is 11.4. The van der Waals surface area contributed by atoms with Crippen LogP contribution in [0.25, 0.3) is 23.2 Å². The van der Waals surface area contributed by atoms with Crippen LogP contribution in [0.2, 0.25) is 0 Å². The molecule has 0 N–H and O–H groups in total. The van der Waals surface area contributed by atoms with Crippen molar-refractivity contribution in [3.05, 3.63) is 95.8 Å². The van der Waals surface area contributed by atoms with Gasteiger partial charge in [0.1, 0.15) is 11.6 Å². The molecule has 32 heavy (non-hydrogen) atoms. The predicted molar refractivity (Wildman–Crippen MR) is 135 cm³/mol. The molecule has 0 fully saturated rings. The van der Waals surface area contributed by atoms with Gasteiger partial charge in [-0.15, -0.1) is 0 Å². The molecule has 0 radical (unpaired) electrons. The number of hydrogen-bond acceptors (Lipinski definition) is 2. The molecule has 0 aliphatic heterocycles. The highest BCUT2D eigenvalue weighted by atomic mass is 16.5. The zero-order valence-electron chi connectivity index (χ0n) is 19.3. The third kappa shape index (κ3) is 5.47. The van der Waals surface area contributed by atoms with E-state index in [0.717, 1.165) is 43.1 Å². The van der Waals surface area contributed by atoms with Gasteiger partial charge in [-0.25, -0.2) is 4.98 Å². The summed E-state index contributed by atoms with van der Waals surface area (Å²) in [6.45, 7) is 8.32. The molecule has 4 rings (SSSR count). The number of aromatic nitrogens is 2. The minimum absolute atomic E-state index is 0.165. The Morgan fingerprint density at radius 3 is 2.28 bits per heavy atom. The van der Waals surface area contributed by atoms with Crippen molar-refractivity contribution in [2.24, 2.45) is 0 Å². The minimum Gasteiger partial charge on any atom is -0.494 e. The Morgan fingerprint density at radius 2 is 1.53 bits per heavy atom. The number of ether oxygens (including phenoxy) is 1. The number of para-hydroxylation sites is 2. The minimum atomic E-state index is 0.165. The van der Waals surface area contributed by atoms with Crippen LogP contribution >= 0.6 is 0 Å². The molecule has 3 heteroatoms. The maximum Gasteiger partial charge on any atom is 0.133 e. The lowest BCUT2D eigenvalue weighted by atomic mass is 9.87. The van der Waals surface area contributed by atoms with Gasteiger partial charge in [0.15, 0.2) is 0 Å². The van der Waals surface area contributed by atoms with E-state index in [0.29, 0.717) is 0 Å². The Balaban J connectivity index is 1.37. The van der Waals surface area contributed by atoms with Crippen molar-refractivity contribution >= 4 is 23.2 Å². The molecule has 0 aliphatic carbocycles. The van der Waals surface area contributed by atoms with Crippen molar-refractivity contribution in [3.63, 3.8) is 0 Å². The summed E-state index contributed by atoms with van der Waals surface area (Å²) < 4.78 is 8.29. The van der Waals surface area contributed by atoms with E-state index in [1.165, 1.54) is 16.6 Å². The Morgan fingerprint density at radius 1 is 0.812 bits per heavy atom. The van der Waals surface area contributed by atoms with Gasteiger partial charge in [-0.3, -0.25) is 0 Å². The maximum absolute atomic E-state index is 5.98. The molecule has 0 saturated heterocycles. The van der Waals surface area contributed by atoms with E-state index in [2.05, 4.69) is 104 Å². The molecule has 0 saturated carbocycles. The summed E-state index contributed by atoms with van der Waals surface area (Å²) in [5, 5.41) is 0. The van der Waals surface area contributed by atoms with Gasteiger partial charge in [0.05, 0.1) is 17.6 Å². The van der Waals surface area contributed by atoms with Gasteiger partial charge >= 0.3 is 0 Å². The highest BCUT2D eigenvalue weighted by molar-refractivity contribution is 5.79. The van der Waals surface area contributed by atoms with Gasteiger partial charge in [0.2, 0.25) is 0 Å². The van der Waals surface area contributed by atoms with Crippen LogP contribution in [-0.2, 0) is 12.0 Å². The lowest BCUT2D eigenvalue weighted by Crippen LogP contribution is -2.10. The summed E-state index contributed by atoms with van der Waals surface area (Å²) in [6.07, 6.45) is 6.27. The summed E-state index contributed by atoms with van der Waals surface area (Å²) in [7, 11) is 0. The molecule has 0 atom stereocenters. The topological polar surface area (TPSA) is 27.1 Å². The monoisotopic (exact) mass is 424 g/mol. The number of imidazole rings is 1. The summed E-state index contributed by atoms with van der Waals surface area (Å²) in [5.41, 5.74) is 4.89. The molecular weight excluding hydrogens is 392 g/mol. The molecule has 0 amide bonds. The van der Waals surface area contributed by atoms with E-state index in [-0.39, 0.29) is 5.41 Å². The normalized spacial score (nSPS) is 12.0. The maximum atomic E-state index is 5.98. The van der Waals surface area contributed by atoms with E-state index >= 15 is 0 Å². The number of unbranched alkanes of at least 4 members (excludes halogenated alkanes) is 1. The smallest absolute Gasteiger partial charge is 0.133 e. The van der Waals surface area contributed by atoms with Gasteiger partial charge in [-0.2, -0.15) is 0 Å². The molecule has 4 aromatic rings. The molecule has 1 aromatic heterocycles. The molecule has 0 spiro atoms. The third-order valence-corrected chi connectivity index (χ3v) is 5.67. The van der Waals surface area contributed by atoms with Gasteiger partial charge in [-0.1, -0.05) is 81.4 Å². The van der Waals surface area contributed by atoms with Crippen molar-refractivity contribution in [2.75, 3.05) is 6.61 Å². The third-order valence-electron chi connectivity index (χ3n) is 5.67. The van der Waals surface area contributed by atoms with Crippen molar-refractivity contribution in [2.45, 2.75) is 45.6 Å². The van der Waals surface area contributed by atoms with Gasteiger partial charge in [0, 0.05) is 6.54 Å². The van der Waals surface area contributed by atoms with E-state index in [1.807, 2.05) is 12.1 Å². The van der Waals surface area contributed by atoms with Crippen LogP contribution in [0.4, 0.5) is 0 Å². The Bertz CT molecular complexity index is 1170. The Kier molecular flexibility index (Phi) is 6.75. The Labute approximate surface area is 191 Å². The highest BCUT2D eigenvalue weighted by Gasteiger charge is 2.13. The van der Waals surface area contributed by atoms with Crippen molar-refractivity contribution < 1.29 is 4.74 Å². The van der Waals surface area contributed by atoms with Crippen LogP contribution < -0.4 is 4.74 Å². The zero-order valence-corrected chi connectivity index (χ0v) is 19.3. The fraction of sp³-hybridized carbons (Fsp3) is 0.276. The molecule has 0 aliphatic rings. The predicted octanol–water partition coefficient (Wildman–Crippen LogP) is 7.36. The Hall–Kier alpha value is -3.33. The number of rotatable bonds is 8. The van der Waals surface area contributed by atoms with Crippen molar-refractivity contribution in [1.29, 1.82) is 0 Å². The first-order valence-corrected chi connectivity index (χ1v) is 11.4. The highest BCUT2D eigenvalue weighted by Crippen LogP contribution is 2.24. The fourth-order valence-corrected chi connectivity index (χ4v) is 3.80. The average Bonchev–Trinajstić information content (AvgIpc) is 3.15. The van der Waals surface area contributed by atoms with Crippen LogP contribution in [0.5, 0.6) is 5.75 Å². The van der Waals surface area contributed by atoms with Crippen LogP contribution in [0.1, 0.15) is 50.6 Å². The molecule has 3 aromatic carbocycles. The second-order valence-corrected chi connectivity index (χ2v) is 9.18. The fourth-order valence-electron chi connectivity index (χ4n) is 3.80. The van der Waals surface area contributed by atoms with E-state index in [1.54, 1.807) is 0 Å². The molecule has 0 unspecified atom stereocenters. The van der Waals surface area contributed by atoms with Crippen LogP contribution in [0, 0.1) is 0 Å². The standard InChI is InChI=1S/C29H32N2O/c1-29(2,3)24-16-18-25(19-17-24)32-22-10-9-21-31-27-14-8-7-13-26(27)30-28(31)20-15-23-11-5-4-6-12-23/h4-8,11-20H,9-10,21-22H2,1-3H3/b20-15+. The number of aryl methyl sites for hydroxylation is 1. The summed E-state index contributed by atoms with van der Waals surface area (Å²) in [6, 6.07) is 27.2. The number of nitrogens with zero attached hydrogens (tertiary/aromatic N) is 2. The van der Waals surface area contributed by atoms with Gasteiger partial charge in [-0.05, 0) is 59.7 Å². The van der Waals surface area contributed by atoms with Crippen LogP contribution in [0.15, 0.2) is 78.9 Å².